The van der Waals surface area contributed by atoms with Crippen molar-refractivity contribution in [3.63, 3.8) is 0 Å². The summed E-state index contributed by atoms with van der Waals surface area (Å²) in [5.74, 6) is -0.569. The van der Waals surface area contributed by atoms with Crippen molar-refractivity contribution in [1.82, 2.24) is 9.80 Å². The number of amides is 2. The van der Waals surface area contributed by atoms with Gasteiger partial charge >= 0.3 is 0 Å². The van der Waals surface area contributed by atoms with Crippen LogP contribution in [0.25, 0.3) is 5.57 Å². The summed E-state index contributed by atoms with van der Waals surface area (Å²) in [5.41, 5.74) is 3.36. The first-order valence-corrected chi connectivity index (χ1v) is 10.6. The van der Waals surface area contributed by atoms with E-state index in [2.05, 4.69) is 11.9 Å². The van der Waals surface area contributed by atoms with Gasteiger partial charge in [-0.3, -0.25) is 9.59 Å². The van der Waals surface area contributed by atoms with Crippen LogP contribution in [-0.2, 0) is 9.59 Å². The minimum Gasteiger partial charge on any atom is -0.366 e. The molecule has 0 radical (unpaired) electrons. The molecule has 1 saturated heterocycles. The highest BCUT2D eigenvalue weighted by atomic mass is 35.5. The summed E-state index contributed by atoms with van der Waals surface area (Å²) >= 11 is 6.01. The highest BCUT2D eigenvalue weighted by Crippen LogP contribution is 2.36. The maximum absolute atomic E-state index is 13.6. The van der Waals surface area contributed by atoms with Gasteiger partial charge in [-0.25, -0.2) is 4.90 Å². The molecule has 0 unspecified atom stereocenters. The Hall–Kier alpha value is -2.63. The van der Waals surface area contributed by atoms with Gasteiger partial charge in [-0.05, 0) is 69.7 Å². The smallest absolute Gasteiger partial charge is 0.282 e. The monoisotopic (exact) mass is 423 g/mol. The third-order valence-corrected chi connectivity index (χ3v) is 6.32. The van der Waals surface area contributed by atoms with E-state index in [1.807, 2.05) is 43.1 Å². The quantitative estimate of drug-likeness (QED) is 0.698. The van der Waals surface area contributed by atoms with E-state index in [9.17, 15) is 9.59 Å². The zero-order valence-corrected chi connectivity index (χ0v) is 18.3. The van der Waals surface area contributed by atoms with Crippen LogP contribution in [-0.4, -0.2) is 54.8 Å². The Morgan fingerprint density at radius 2 is 1.53 bits per heavy atom. The van der Waals surface area contributed by atoms with Gasteiger partial charge in [0, 0.05) is 18.1 Å². The molecular weight excluding hydrogens is 398 g/mol. The van der Waals surface area contributed by atoms with Crippen LogP contribution in [0.1, 0.15) is 24.0 Å². The van der Waals surface area contributed by atoms with E-state index in [1.54, 1.807) is 24.3 Å². The van der Waals surface area contributed by atoms with Crippen LogP contribution in [0.3, 0.4) is 0 Å². The minimum absolute atomic E-state index is 0.221. The number of hydrogen-bond donors (Lipinski definition) is 0. The minimum atomic E-state index is -0.291. The van der Waals surface area contributed by atoms with Crippen LogP contribution < -0.4 is 4.90 Å². The number of carbonyl (C=O) groups is 2. The van der Waals surface area contributed by atoms with E-state index < -0.39 is 0 Å². The van der Waals surface area contributed by atoms with Crippen LogP contribution in [0.4, 0.5) is 5.69 Å². The molecule has 0 aromatic heterocycles. The van der Waals surface area contributed by atoms with Crippen molar-refractivity contribution in [2.45, 2.75) is 25.8 Å². The fourth-order valence-electron chi connectivity index (χ4n) is 4.22. The van der Waals surface area contributed by atoms with Crippen molar-refractivity contribution < 1.29 is 9.59 Å². The number of hydrogen-bond acceptors (Lipinski definition) is 4. The highest BCUT2D eigenvalue weighted by molar-refractivity contribution is 6.45. The molecule has 0 spiro atoms. The third-order valence-electron chi connectivity index (χ3n) is 6.07. The summed E-state index contributed by atoms with van der Waals surface area (Å²) in [6.07, 6.45) is 1.92. The van der Waals surface area contributed by atoms with Crippen LogP contribution >= 0.6 is 11.6 Å². The Morgan fingerprint density at radius 3 is 2.13 bits per heavy atom. The predicted octanol–water partition coefficient (Wildman–Crippen LogP) is 3.96. The molecule has 0 bridgehead atoms. The fourth-order valence-corrected chi connectivity index (χ4v) is 4.34. The Balaban J connectivity index is 1.77. The van der Waals surface area contributed by atoms with E-state index in [0.717, 1.165) is 37.1 Å². The van der Waals surface area contributed by atoms with Gasteiger partial charge in [0.15, 0.2) is 0 Å². The lowest BCUT2D eigenvalue weighted by molar-refractivity contribution is -0.120. The molecule has 6 heteroatoms. The molecule has 2 amide bonds. The standard InChI is InChI=1S/C24H26ClN3O2/c1-16-4-6-17(7-5-16)21-22(27(3)19-12-14-26(2)15-13-19)24(30)28(23(21)29)20-10-8-18(25)9-11-20/h4-11,19H,12-15H2,1-3H3. The molecule has 0 aliphatic carbocycles. The zero-order valence-electron chi connectivity index (χ0n) is 17.6. The van der Waals surface area contributed by atoms with Crippen molar-refractivity contribution >= 4 is 34.7 Å². The number of aryl methyl sites for hydroxylation is 1. The molecule has 2 aliphatic heterocycles. The lowest BCUT2D eigenvalue weighted by Gasteiger charge is -2.36. The number of nitrogens with zero attached hydrogens (tertiary/aromatic N) is 3. The fraction of sp³-hybridized carbons (Fsp3) is 0.333. The molecule has 156 valence electrons. The van der Waals surface area contributed by atoms with Crippen molar-refractivity contribution in [2.75, 3.05) is 32.1 Å². The average Bonchev–Trinajstić information content (AvgIpc) is 3.00. The van der Waals surface area contributed by atoms with E-state index in [0.29, 0.717) is 22.0 Å². The first kappa shape index (κ1) is 20.6. The van der Waals surface area contributed by atoms with Gasteiger partial charge in [0.2, 0.25) is 0 Å². The van der Waals surface area contributed by atoms with Crippen molar-refractivity contribution in [2.24, 2.45) is 0 Å². The van der Waals surface area contributed by atoms with E-state index in [1.165, 1.54) is 4.90 Å². The maximum atomic E-state index is 13.6. The maximum Gasteiger partial charge on any atom is 0.282 e. The SMILES string of the molecule is Cc1ccc(C2=C(N(C)C3CCN(C)CC3)C(=O)N(c3ccc(Cl)cc3)C2=O)cc1. The third kappa shape index (κ3) is 3.75. The number of likely N-dealkylation sites (N-methyl/N-ethyl adjacent to an activating group) is 1. The number of benzene rings is 2. The molecule has 2 aromatic rings. The summed E-state index contributed by atoms with van der Waals surface area (Å²) in [7, 11) is 4.05. The Kier molecular flexibility index (Phi) is 5.67. The number of piperidine rings is 1. The first-order chi connectivity index (χ1) is 14.4. The van der Waals surface area contributed by atoms with Gasteiger partial charge in [0.05, 0.1) is 11.3 Å². The van der Waals surface area contributed by atoms with Gasteiger partial charge in [-0.1, -0.05) is 41.4 Å². The van der Waals surface area contributed by atoms with Gasteiger partial charge < -0.3 is 9.80 Å². The van der Waals surface area contributed by atoms with Gasteiger partial charge in [0.25, 0.3) is 11.8 Å². The molecule has 1 fully saturated rings. The number of rotatable bonds is 4. The predicted molar refractivity (Wildman–Crippen MR) is 120 cm³/mol. The Bertz CT molecular complexity index is 990. The number of anilines is 1. The Labute approximate surface area is 182 Å². The molecule has 30 heavy (non-hydrogen) atoms. The van der Waals surface area contributed by atoms with Gasteiger partial charge in [-0.2, -0.15) is 0 Å². The molecule has 5 nitrogen and oxygen atoms in total. The number of carbonyl (C=O) groups excluding carboxylic acids is 2. The number of imide groups is 1. The average molecular weight is 424 g/mol. The summed E-state index contributed by atoms with van der Waals surface area (Å²) in [6.45, 7) is 3.96. The summed E-state index contributed by atoms with van der Waals surface area (Å²) in [5, 5.41) is 0.563. The second-order valence-corrected chi connectivity index (χ2v) is 8.59. The molecule has 2 aromatic carbocycles. The summed E-state index contributed by atoms with van der Waals surface area (Å²) in [6, 6.07) is 14.8. The van der Waals surface area contributed by atoms with Crippen molar-refractivity contribution in [3.05, 3.63) is 70.4 Å². The van der Waals surface area contributed by atoms with E-state index >= 15 is 0 Å². The second-order valence-electron chi connectivity index (χ2n) is 8.16. The lowest BCUT2D eigenvalue weighted by atomic mass is 9.99. The van der Waals surface area contributed by atoms with E-state index in [4.69, 9.17) is 11.6 Å². The summed E-state index contributed by atoms with van der Waals surface area (Å²) in [4.78, 5) is 32.7. The Morgan fingerprint density at radius 1 is 0.933 bits per heavy atom. The lowest BCUT2D eigenvalue weighted by Crippen LogP contribution is -2.43. The summed E-state index contributed by atoms with van der Waals surface area (Å²) < 4.78 is 0. The van der Waals surface area contributed by atoms with Crippen LogP contribution in [0.2, 0.25) is 5.02 Å². The van der Waals surface area contributed by atoms with Crippen LogP contribution in [0, 0.1) is 6.92 Å². The topological polar surface area (TPSA) is 43.9 Å². The molecule has 0 atom stereocenters. The van der Waals surface area contributed by atoms with Crippen LogP contribution in [0.15, 0.2) is 54.2 Å². The number of likely N-dealkylation sites (tertiary alicyclic amines) is 1. The molecule has 0 N–H and O–H groups in total. The van der Waals surface area contributed by atoms with Gasteiger partial charge in [0.1, 0.15) is 5.70 Å². The van der Waals surface area contributed by atoms with Crippen LogP contribution in [0.5, 0.6) is 0 Å². The molecule has 4 rings (SSSR count). The second kappa shape index (κ2) is 8.25. The number of halogens is 1. The largest absolute Gasteiger partial charge is 0.366 e. The first-order valence-electron chi connectivity index (χ1n) is 10.2. The van der Waals surface area contributed by atoms with Gasteiger partial charge in [-0.15, -0.1) is 0 Å². The highest BCUT2D eigenvalue weighted by Gasteiger charge is 2.43. The normalized spacial score (nSPS) is 18.5. The molecular formula is C24H26ClN3O2. The van der Waals surface area contributed by atoms with Crippen molar-refractivity contribution in [1.29, 1.82) is 0 Å². The van der Waals surface area contributed by atoms with Crippen molar-refractivity contribution in [3.8, 4) is 0 Å². The van der Waals surface area contributed by atoms with E-state index in [-0.39, 0.29) is 17.9 Å². The molecule has 0 saturated carbocycles. The zero-order chi connectivity index (χ0) is 21.4. The molecule has 2 aliphatic rings. The molecule has 2 heterocycles.